The monoisotopic (exact) mass is 385 g/mol. The van der Waals surface area contributed by atoms with Crippen molar-refractivity contribution < 1.29 is 24.4 Å². The first-order chi connectivity index (χ1) is 13.4. The highest BCUT2D eigenvalue weighted by Crippen LogP contribution is 2.23. The van der Waals surface area contributed by atoms with Crippen molar-refractivity contribution in [3.8, 4) is 5.75 Å². The van der Waals surface area contributed by atoms with E-state index < -0.39 is 19.0 Å². The standard InChI is InChI=1S/C21H28BNO5/c1-3-15-7-6-8-16(13-15)14-20(22(26)27)23-21(25)12-11-18(24)17-9-4-5-10-19(17)28-2/h4-5,8-10,13,20,26-27H,3,6-7,11-12,14H2,1-2H3,(H,23,25)/t20-/m0/s1. The van der Waals surface area contributed by atoms with Crippen LogP contribution in [-0.4, -0.2) is 41.9 Å². The molecule has 2 rings (SSSR count). The summed E-state index contributed by atoms with van der Waals surface area (Å²) in [5, 5.41) is 21.9. The molecule has 0 radical (unpaired) electrons. The average Bonchev–Trinajstić information content (AvgIpc) is 2.71. The minimum atomic E-state index is -1.67. The first-order valence-corrected chi connectivity index (χ1v) is 9.64. The van der Waals surface area contributed by atoms with Gasteiger partial charge in [-0.3, -0.25) is 9.59 Å². The van der Waals surface area contributed by atoms with Gasteiger partial charge < -0.3 is 20.1 Å². The summed E-state index contributed by atoms with van der Waals surface area (Å²) in [6.07, 6.45) is 7.35. The molecule has 0 saturated heterocycles. The van der Waals surface area contributed by atoms with Gasteiger partial charge >= 0.3 is 7.12 Å². The molecule has 1 amide bonds. The van der Waals surface area contributed by atoms with Crippen molar-refractivity contribution in [3.63, 3.8) is 0 Å². The number of amides is 1. The zero-order chi connectivity index (χ0) is 20.5. The summed E-state index contributed by atoms with van der Waals surface area (Å²) in [5.74, 6) is -0.927. The Morgan fingerprint density at radius 2 is 2.00 bits per heavy atom. The number of hydrogen-bond donors (Lipinski definition) is 3. The van der Waals surface area contributed by atoms with Crippen molar-refractivity contribution >= 4 is 18.8 Å². The molecule has 150 valence electrons. The van der Waals surface area contributed by atoms with E-state index in [4.69, 9.17) is 4.74 Å². The van der Waals surface area contributed by atoms with Crippen LogP contribution in [0, 0.1) is 0 Å². The molecule has 1 aliphatic rings. The van der Waals surface area contributed by atoms with Crippen LogP contribution in [0.3, 0.4) is 0 Å². The van der Waals surface area contributed by atoms with Crippen molar-refractivity contribution in [3.05, 3.63) is 53.1 Å². The lowest BCUT2D eigenvalue weighted by Gasteiger charge is -2.20. The third kappa shape index (κ3) is 6.35. The summed E-state index contributed by atoms with van der Waals surface area (Å²) in [6.45, 7) is 2.09. The average molecular weight is 385 g/mol. The number of rotatable bonds is 10. The summed E-state index contributed by atoms with van der Waals surface area (Å²) >= 11 is 0. The van der Waals surface area contributed by atoms with Gasteiger partial charge in [-0.2, -0.15) is 0 Å². The maximum Gasteiger partial charge on any atom is 0.475 e. The number of Topliss-reactive ketones (excluding diaryl/α,β-unsaturated/α-hetero) is 1. The Kier molecular flexibility index (Phi) is 8.48. The van der Waals surface area contributed by atoms with E-state index in [1.54, 1.807) is 24.3 Å². The lowest BCUT2D eigenvalue weighted by Crippen LogP contribution is -2.46. The smallest absolute Gasteiger partial charge is 0.475 e. The molecule has 3 N–H and O–H groups in total. The molecule has 0 fully saturated rings. The van der Waals surface area contributed by atoms with Crippen molar-refractivity contribution in [2.45, 2.75) is 51.4 Å². The van der Waals surface area contributed by atoms with E-state index in [1.165, 1.54) is 12.7 Å². The van der Waals surface area contributed by atoms with E-state index in [2.05, 4.69) is 24.4 Å². The lowest BCUT2D eigenvalue weighted by molar-refractivity contribution is -0.121. The molecule has 0 aliphatic heterocycles. The minimum absolute atomic E-state index is 0.0169. The fourth-order valence-electron chi connectivity index (χ4n) is 3.26. The van der Waals surface area contributed by atoms with E-state index >= 15 is 0 Å². The van der Waals surface area contributed by atoms with Crippen LogP contribution in [0.25, 0.3) is 0 Å². The minimum Gasteiger partial charge on any atom is -0.496 e. The predicted molar refractivity (Wildman–Crippen MR) is 109 cm³/mol. The van der Waals surface area contributed by atoms with Crippen LogP contribution in [-0.2, 0) is 4.79 Å². The van der Waals surface area contributed by atoms with Gasteiger partial charge in [-0.25, -0.2) is 0 Å². The quantitative estimate of drug-likeness (QED) is 0.425. The number of ether oxygens (including phenoxy) is 1. The van der Waals surface area contributed by atoms with E-state index in [0.717, 1.165) is 24.8 Å². The normalized spacial score (nSPS) is 14.6. The molecule has 1 atom stereocenters. The Morgan fingerprint density at radius 3 is 2.68 bits per heavy atom. The summed E-state index contributed by atoms with van der Waals surface area (Å²) in [6, 6.07) is 6.87. The second-order valence-corrected chi connectivity index (χ2v) is 6.89. The Bertz CT molecular complexity index is 757. The number of ketones is 1. The van der Waals surface area contributed by atoms with Gasteiger partial charge in [-0.05, 0) is 37.8 Å². The van der Waals surface area contributed by atoms with Crippen molar-refractivity contribution in [2.24, 2.45) is 0 Å². The second-order valence-electron chi connectivity index (χ2n) is 6.89. The second kappa shape index (κ2) is 10.8. The number of benzene rings is 1. The molecule has 6 nitrogen and oxygen atoms in total. The number of para-hydroxylation sites is 1. The molecule has 0 saturated carbocycles. The summed E-state index contributed by atoms with van der Waals surface area (Å²) in [4.78, 5) is 24.6. The SMILES string of the molecule is CCC1=CC(C[C@H](NC(=O)CCC(=O)c2ccccc2OC)B(O)O)=CCC1. The molecule has 0 aromatic heterocycles. The van der Waals surface area contributed by atoms with Gasteiger partial charge in [0.05, 0.1) is 18.6 Å². The Labute approximate surface area is 166 Å². The van der Waals surface area contributed by atoms with Crippen LogP contribution in [0.4, 0.5) is 0 Å². The van der Waals surface area contributed by atoms with E-state index in [0.29, 0.717) is 17.7 Å². The van der Waals surface area contributed by atoms with Gasteiger partial charge in [0.2, 0.25) is 5.91 Å². The van der Waals surface area contributed by atoms with Gasteiger partial charge in [0.1, 0.15) is 5.75 Å². The predicted octanol–water partition coefficient (Wildman–Crippen LogP) is 2.60. The Balaban J connectivity index is 1.91. The maximum atomic E-state index is 12.4. The van der Waals surface area contributed by atoms with Crippen LogP contribution in [0.2, 0.25) is 0 Å². The molecular formula is C21H28BNO5. The topological polar surface area (TPSA) is 95.9 Å². The molecule has 1 aromatic rings. The van der Waals surface area contributed by atoms with Crippen molar-refractivity contribution in [1.82, 2.24) is 5.32 Å². The first kappa shape index (κ1) is 21.9. The molecule has 28 heavy (non-hydrogen) atoms. The van der Waals surface area contributed by atoms with E-state index in [9.17, 15) is 19.6 Å². The van der Waals surface area contributed by atoms with E-state index in [-0.39, 0.29) is 18.6 Å². The number of nitrogens with one attached hydrogen (secondary N) is 1. The fourth-order valence-corrected chi connectivity index (χ4v) is 3.26. The van der Waals surface area contributed by atoms with Gasteiger partial charge in [0.15, 0.2) is 5.78 Å². The van der Waals surface area contributed by atoms with Crippen LogP contribution in [0.1, 0.15) is 55.8 Å². The highest BCUT2D eigenvalue weighted by Gasteiger charge is 2.26. The highest BCUT2D eigenvalue weighted by molar-refractivity contribution is 6.43. The maximum absolute atomic E-state index is 12.4. The largest absolute Gasteiger partial charge is 0.496 e. The number of carbonyl (C=O) groups excluding carboxylic acids is 2. The Morgan fingerprint density at radius 1 is 1.25 bits per heavy atom. The van der Waals surface area contributed by atoms with E-state index in [1.807, 2.05) is 0 Å². The number of carbonyl (C=O) groups is 2. The molecule has 1 aliphatic carbocycles. The van der Waals surface area contributed by atoms with Gasteiger partial charge in [-0.1, -0.05) is 42.4 Å². The molecule has 0 bridgehead atoms. The lowest BCUT2D eigenvalue weighted by atomic mass is 9.74. The van der Waals surface area contributed by atoms with Crippen LogP contribution in [0.15, 0.2) is 47.6 Å². The molecule has 0 unspecified atom stereocenters. The third-order valence-electron chi connectivity index (χ3n) is 4.86. The highest BCUT2D eigenvalue weighted by atomic mass is 16.5. The fraction of sp³-hybridized carbons (Fsp3) is 0.429. The molecule has 0 heterocycles. The molecule has 0 spiro atoms. The van der Waals surface area contributed by atoms with Crippen LogP contribution in [0.5, 0.6) is 5.75 Å². The molecule has 7 heteroatoms. The molecular weight excluding hydrogens is 357 g/mol. The molecule has 1 aromatic carbocycles. The van der Waals surface area contributed by atoms with Gasteiger partial charge in [-0.15, -0.1) is 0 Å². The number of methoxy groups -OCH3 is 1. The zero-order valence-electron chi connectivity index (χ0n) is 16.5. The first-order valence-electron chi connectivity index (χ1n) is 9.64. The number of hydrogen-bond acceptors (Lipinski definition) is 5. The third-order valence-corrected chi connectivity index (χ3v) is 4.86. The zero-order valence-corrected chi connectivity index (χ0v) is 16.5. The van der Waals surface area contributed by atoms with Gasteiger partial charge in [0, 0.05) is 12.8 Å². The summed E-state index contributed by atoms with van der Waals surface area (Å²) in [7, 11) is -0.181. The summed E-state index contributed by atoms with van der Waals surface area (Å²) in [5.41, 5.74) is 2.74. The van der Waals surface area contributed by atoms with Crippen LogP contribution < -0.4 is 10.1 Å². The van der Waals surface area contributed by atoms with Gasteiger partial charge in [0.25, 0.3) is 0 Å². The van der Waals surface area contributed by atoms with Crippen LogP contribution >= 0.6 is 0 Å². The Hall–Kier alpha value is -2.38. The number of allylic oxidation sites excluding steroid dienone is 3. The van der Waals surface area contributed by atoms with Crippen molar-refractivity contribution in [1.29, 1.82) is 0 Å². The van der Waals surface area contributed by atoms with Crippen molar-refractivity contribution in [2.75, 3.05) is 7.11 Å². The summed E-state index contributed by atoms with van der Waals surface area (Å²) < 4.78 is 5.17.